The number of amides is 1. The van der Waals surface area contributed by atoms with Crippen LogP contribution in [-0.4, -0.2) is 53.6 Å². The zero-order chi connectivity index (χ0) is 17.6. The Morgan fingerprint density at radius 2 is 2.24 bits per heavy atom. The van der Waals surface area contributed by atoms with E-state index in [9.17, 15) is 4.79 Å². The number of rotatable bonds is 5. The third-order valence-corrected chi connectivity index (χ3v) is 4.53. The fraction of sp³-hybridized carbons (Fsp3) is 0.421. The molecule has 0 unspecified atom stereocenters. The first-order chi connectivity index (χ1) is 12.1. The summed E-state index contributed by atoms with van der Waals surface area (Å²) in [6, 6.07) is 9.81. The first-order valence-electron chi connectivity index (χ1n) is 8.60. The van der Waals surface area contributed by atoms with E-state index in [2.05, 4.69) is 14.9 Å². The molecule has 1 fully saturated rings. The quantitative estimate of drug-likeness (QED) is 0.836. The molecule has 0 bridgehead atoms. The van der Waals surface area contributed by atoms with Crippen molar-refractivity contribution in [3.8, 4) is 5.75 Å². The summed E-state index contributed by atoms with van der Waals surface area (Å²) in [7, 11) is 1.85. The number of anilines is 1. The molecule has 6 heteroatoms. The van der Waals surface area contributed by atoms with Crippen molar-refractivity contribution >= 4 is 11.7 Å². The minimum absolute atomic E-state index is 0.0205. The van der Waals surface area contributed by atoms with Crippen LogP contribution < -0.4 is 9.64 Å². The topological polar surface area (TPSA) is 58.6 Å². The van der Waals surface area contributed by atoms with Gasteiger partial charge < -0.3 is 14.5 Å². The number of hydrogen-bond acceptors (Lipinski definition) is 5. The van der Waals surface area contributed by atoms with Gasteiger partial charge in [-0.25, -0.2) is 4.98 Å². The van der Waals surface area contributed by atoms with E-state index in [1.807, 2.05) is 32.2 Å². The first kappa shape index (κ1) is 17.2. The van der Waals surface area contributed by atoms with Gasteiger partial charge in [-0.05, 0) is 44.0 Å². The van der Waals surface area contributed by atoms with E-state index >= 15 is 0 Å². The van der Waals surface area contributed by atoms with E-state index in [4.69, 9.17) is 4.74 Å². The number of hydrogen-bond donors (Lipinski definition) is 0. The highest BCUT2D eigenvalue weighted by Gasteiger charge is 2.27. The number of ether oxygens (including phenoxy) is 1. The van der Waals surface area contributed by atoms with Crippen molar-refractivity contribution in [3.63, 3.8) is 0 Å². The second-order valence-corrected chi connectivity index (χ2v) is 6.36. The number of carbonyl (C=O) groups excluding carboxylic acids is 1. The van der Waals surface area contributed by atoms with Crippen molar-refractivity contribution in [2.24, 2.45) is 0 Å². The summed E-state index contributed by atoms with van der Waals surface area (Å²) < 4.78 is 5.53. The van der Waals surface area contributed by atoms with Gasteiger partial charge in [0.25, 0.3) is 5.91 Å². The van der Waals surface area contributed by atoms with Gasteiger partial charge in [0, 0.05) is 38.1 Å². The average Bonchev–Trinajstić information content (AvgIpc) is 2.66. The summed E-state index contributed by atoms with van der Waals surface area (Å²) >= 11 is 0. The molecule has 0 radical (unpaired) electrons. The molecule has 0 saturated carbocycles. The van der Waals surface area contributed by atoms with Crippen molar-refractivity contribution in [1.29, 1.82) is 0 Å². The SMILES string of the molecule is Cc1cccc(N2CCC[C@@H](N(C)C(=O)COc3cccnc3)C2)n1. The number of piperidine rings is 1. The minimum Gasteiger partial charge on any atom is -0.482 e. The fourth-order valence-electron chi connectivity index (χ4n) is 3.07. The Hall–Kier alpha value is -2.63. The zero-order valence-electron chi connectivity index (χ0n) is 14.8. The minimum atomic E-state index is -0.0205. The number of carbonyl (C=O) groups is 1. The smallest absolute Gasteiger partial charge is 0.260 e. The molecule has 0 aliphatic carbocycles. The van der Waals surface area contributed by atoms with E-state index in [1.54, 1.807) is 29.4 Å². The van der Waals surface area contributed by atoms with Crippen molar-refractivity contribution < 1.29 is 9.53 Å². The maximum Gasteiger partial charge on any atom is 0.260 e. The van der Waals surface area contributed by atoms with Crippen LogP contribution >= 0.6 is 0 Å². The van der Waals surface area contributed by atoms with E-state index in [-0.39, 0.29) is 18.6 Å². The molecule has 1 aliphatic rings. The predicted molar refractivity (Wildman–Crippen MR) is 96.7 cm³/mol. The first-order valence-corrected chi connectivity index (χ1v) is 8.60. The second-order valence-electron chi connectivity index (χ2n) is 6.36. The Morgan fingerprint density at radius 3 is 3.00 bits per heavy atom. The van der Waals surface area contributed by atoms with E-state index in [1.165, 1.54) is 0 Å². The zero-order valence-corrected chi connectivity index (χ0v) is 14.8. The molecule has 3 heterocycles. The van der Waals surface area contributed by atoms with Crippen LogP contribution in [0.4, 0.5) is 5.82 Å². The largest absolute Gasteiger partial charge is 0.482 e. The van der Waals surface area contributed by atoms with Gasteiger partial charge >= 0.3 is 0 Å². The molecule has 1 aliphatic heterocycles. The molecule has 2 aromatic heterocycles. The summed E-state index contributed by atoms with van der Waals surface area (Å²) in [5.41, 5.74) is 1.01. The van der Waals surface area contributed by atoms with Crippen molar-refractivity contribution in [2.75, 3.05) is 31.6 Å². The lowest BCUT2D eigenvalue weighted by Gasteiger charge is -2.38. The number of aromatic nitrogens is 2. The molecule has 1 atom stereocenters. The van der Waals surface area contributed by atoms with Crippen LogP contribution in [0.2, 0.25) is 0 Å². The second kappa shape index (κ2) is 7.96. The van der Waals surface area contributed by atoms with Gasteiger partial charge in [-0.15, -0.1) is 0 Å². The number of pyridine rings is 2. The van der Waals surface area contributed by atoms with Gasteiger partial charge in [0.15, 0.2) is 6.61 Å². The molecular weight excluding hydrogens is 316 g/mol. The van der Waals surface area contributed by atoms with Crippen LogP contribution in [0.15, 0.2) is 42.7 Å². The molecule has 2 aromatic rings. The Kier molecular flexibility index (Phi) is 5.48. The van der Waals surface area contributed by atoms with Crippen LogP contribution in [0.3, 0.4) is 0 Å². The third kappa shape index (κ3) is 4.47. The van der Waals surface area contributed by atoms with E-state index < -0.39 is 0 Å². The summed E-state index contributed by atoms with van der Waals surface area (Å²) in [6.45, 7) is 3.80. The number of aryl methyl sites for hydroxylation is 1. The van der Waals surface area contributed by atoms with Gasteiger partial charge in [0.1, 0.15) is 11.6 Å². The van der Waals surface area contributed by atoms with Gasteiger partial charge in [-0.1, -0.05) is 6.07 Å². The maximum absolute atomic E-state index is 12.5. The monoisotopic (exact) mass is 340 g/mol. The lowest BCUT2D eigenvalue weighted by atomic mass is 10.0. The number of nitrogens with zero attached hydrogens (tertiary/aromatic N) is 4. The number of likely N-dealkylation sites (N-methyl/N-ethyl adjacent to an activating group) is 1. The summed E-state index contributed by atoms with van der Waals surface area (Å²) in [5, 5.41) is 0. The highest BCUT2D eigenvalue weighted by molar-refractivity contribution is 5.78. The standard InChI is InChI=1S/C19H24N4O2/c1-15-6-3-9-18(21-15)23-11-5-7-16(13-23)22(2)19(24)14-25-17-8-4-10-20-12-17/h3-4,6,8-10,12,16H,5,7,11,13-14H2,1-2H3/t16-/m1/s1. The van der Waals surface area contributed by atoms with Gasteiger partial charge in [0.2, 0.25) is 0 Å². The van der Waals surface area contributed by atoms with Gasteiger partial charge in [0.05, 0.1) is 6.20 Å². The van der Waals surface area contributed by atoms with Crippen molar-refractivity contribution in [2.45, 2.75) is 25.8 Å². The molecule has 132 valence electrons. The summed E-state index contributed by atoms with van der Waals surface area (Å²) in [4.78, 5) is 25.1. The van der Waals surface area contributed by atoms with E-state index in [0.717, 1.165) is 37.4 Å². The molecule has 0 aromatic carbocycles. The van der Waals surface area contributed by atoms with Crippen LogP contribution in [0.5, 0.6) is 5.75 Å². The highest BCUT2D eigenvalue weighted by atomic mass is 16.5. The average molecular weight is 340 g/mol. The molecule has 6 nitrogen and oxygen atoms in total. The van der Waals surface area contributed by atoms with Crippen LogP contribution in [0, 0.1) is 6.92 Å². The Morgan fingerprint density at radius 1 is 1.36 bits per heavy atom. The molecule has 3 rings (SSSR count). The van der Waals surface area contributed by atoms with Crippen LogP contribution in [0.25, 0.3) is 0 Å². The molecule has 1 amide bonds. The molecule has 1 saturated heterocycles. The van der Waals surface area contributed by atoms with Gasteiger partial charge in [-0.3, -0.25) is 9.78 Å². The normalized spacial score (nSPS) is 17.2. The fourth-order valence-corrected chi connectivity index (χ4v) is 3.07. The predicted octanol–water partition coefficient (Wildman–Crippen LogP) is 2.29. The lowest BCUT2D eigenvalue weighted by Crippen LogP contribution is -2.50. The Bertz CT molecular complexity index is 708. The molecule has 25 heavy (non-hydrogen) atoms. The van der Waals surface area contributed by atoms with E-state index in [0.29, 0.717) is 5.75 Å². The molecular formula is C19H24N4O2. The molecule has 0 N–H and O–H groups in total. The van der Waals surface area contributed by atoms with Crippen molar-refractivity contribution in [3.05, 3.63) is 48.4 Å². The lowest BCUT2D eigenvalue weighted by molar-refractivity contribution is -0.134. The van der Waals surface area contributed by atoms with Crippen LogP contribution in [0.1, 0.15) is 18.5 Å². The van der Waals surface area contributed by atoms with Gasteiger partial charge in [-0.2, -0.15) is 0 Å². The third-order valence-electron chi connectivity index (χ3n) is 4.53. The highest BCUT2D eigenvalue weighted by Crippen LogP contribution is 2.21. The van der Waals surface area contributed by atoms with Crippen molar-refractivity contribution in [1.82, 2.24) is 14.9 Å². The summed E-state index contributed by atoms with van der Waals surface area (Å²) in [6.07, 6.45) is 5.33. The Balaban J connectivity index is 1.57. The Labute approximate surface area is 148 Å². The molecule has 0 spiro atoms. The van der Waals surface area contributed by atoms with Crippen LogP contribution in [-0.2, 0) is 4.79 Å². The maximum atomic E-state index is 12.5. The summed E-state index contributed by atoms with van der Waals surface area (Å²) in [5.74, 6) is 1.57.